The fourth-order valence-corrected chi connectivity index (χ4v) is 2.88. The number of carbonyl (C=O) groups is 2. The number of aryl methyl sites for hydroxylation is 1. The van der Waals surface area contributed by atoms with E-state index in [2.05, 4.69) is 15.0 Å². The number of urea groups is 1. The zero-order valence-electron chi connectivity index (χ0n) is 14.0. The summed E-state index contributed by atoms with van der Waals surface area (Å²) in [5, 5.41) is 5.23. The molecule has 2 rings (SSSR count). The van der Waals surface area contributed by atoms with Crippen LogP contribution in [0.25, 0.3) is 0 Å². The molecule has 0 unspecified atom stereocenters. The molecule has 0 spiro atoms. The van der Waals surface area contributed by atoms with E-state index in [0.29, 0.717) is 18.1 Å². The van der Waals surface area contributed by atoms with Crippen LogP contribution in [-0.4, -0.2) is 35.5 Å². The number of anilines is 1. The van der Waals surface area contributed by atoms with Crippen LogP contribution in [0.1, 0.15) is 34.4 Å². The second kappa shape index (κ2) is 8.44. The van der Waals surface area contributed by atoms with E-state index in [9.17, 15) is 9.59 Å². The molecule has 0 radical (unpaired) electrons. The lowest BCUT2D eigenvalue weighted by Crippen LogP contribution is -2.35. The Bertz CT molecular complexity index is 697. The number of amides is 2. The van der Waals surface area contributed by atoms with E-state index >= 15 is 0 Å². The largest absolute Gasteiger partial charge is 0.464 e. The summed E-state index contributed by atoms with van der Waals surface area (Å²) in [5.74, 6) is -0.469. The average molecular weight is 347 g/mol. The van der Waals surface area contributed by atoms with Gasteiger partial charge in [0.15, 0.2) is 5.69 Å². The van der Waals surface area contributed by atoms with Crippen molar-refractivity contribution in [2.24, 2.45) is 0 Å². The highest BCUT2D eigenvalue weighted by Gasteiger charge is 2.17. The maximum atomic E-state index is 12.5. The predicted octanol–water partition coefficient (Wildman–Crippen LogP) is 3.68. The highest BCUT2D eigenvalue weighted by Crippen LogP contribution is 2.15. The summed E-state index contributed by atoms with van der Waals surface area (Å²) >= 11 is 1.34. The van der Waals surface area contributed by atoms with Gasteiger partial charge in [-0.05, 0) is 25.5 Å². The van der Waals surface area contributed by atoms with Crippen LogP contribution in [0.4, 0.5) is 10.5 Å². The molecule has 0 aliphatic heterocycles. The summed E-state index contributed by atoms with van der Waals surface area (Å²) in [7, 11) is 1.32. The number of hydrogen-bond donors (Lipinski definition) is 1. The molecule has 2 aromatic rings. The summed E-state index contributed by atoms with van der Waals surface area (Å²) in [4.78, 5) is 29.9. The fourth-order valence-electron chi connectivity index (χ4n) is 2.11. The van der Waals surface area contributed by atoms with Crippen molar-refractivity contribution in [2.45, 2.75) is 26.8 Å². The SMILES string of the molecule is CCCN(Cc1nc(C(=O)OC)cs1)C(=O)Nc1ccc(C)cc1. The number of hydrogen-bond acceptors (Lipinski definition) is 5. The van der Waals surface area contributed by atoms with Gasteiger partial charge >= 0.3 is 12.0 Å². The maximum Gasteiger partial charge on any atom is 0.357 e. The van der Waals surface area contributed by atoms with Crippen molar-refractivity contribution >= 4 is 29.0 Å². The normalized spacial score (nSPS) is 10.3. The summed E-state index contributed by atoms with van der Waals surface area (Å²) in [6, 6.07) is 7.45. The highest BCUT2D eigenvalue weighted by molar-refractivity contribution is 7.09. The van der Waals surface area contributed by atoms with Gasteiger partial charge in [-0.2, -0.15) is 0 Å². The van der Waals surface area contributed by atoms with Crippen LogP contribution in [0.5, 0.6) is 0 Å². The Morgan fingerprint density at radius 3 is 2.62 bits per heavy atom. The number of ether oxygens (including phenoxy) is 1. The third-order valence-corrected chi connectivity index (χ3v) is 4.19. The van der Waals surface area contributed by atoms with E-state index in [1.54, 1.807) is 10.3 Å². The minimum Gasteiger partial charge on any atom is -0.464 e. The number of benzene rings is 1. The van der Waals surface area contributed by atoms with Gasteiger partial charge in [0.1, 0.15) is 5.01 Å². The first-order valence-electron chi connectivity index (χ1n) is 7.68. The van der Waals surface area contributed by atoms with Crippen molar-refractivity contribution in [2.75, 3.05) is 19.0 Å². The highest BCUT2D eigenvalue weighted by atomic mass is 32.1. The van der Waals surface area contributed by atoms with Crippen LogP contribution < -0.4 is 5.32 Å². The first-order valence-corrected chi connectivity index (χ1v) is 8.56. The van der Waals surface area contributed by atoms with Crippen LogP contribution >= 0.6 is 11.3 Å². The van der Waals surface area contributed by atoms with Gasteiger partial charge in [-0.25, -0.2) is 14.6 Å². The van der Waals surface area contributed by atoms with Crippen molar-refractivity contribution in [1.29, 1.82) is 0 Å². The second-order valence-corrected chi connectivity index (χ2v) is 6.28. The lowest BCUT2D eigenvalue weighted by Gasteiger charge is -2.21. The molecule has 6 nitrogen and oxygen atoms in total. The number of nitrogens with zero attached hydrogens (tertiary/aromatic N) is 2. The topological polar surface area (TPSA) is 71.5 Å². The molecule has 0 saturated carbocycles. The molecule has 1 aromatic carbocycles. The Hall–Kier alpha value is -2.41. The summed E-state index contributed by atoms with van der Waals surface area (Å²) < 4.78 is 4.65. The van der Waals surface area contributed by atoms with Gasteiger partial charge in [-0.1, -0.05) is 24.6 Å². The van der Waals surface area contributed by atoms with Crippen molar-refractivity contribution < 1.29 is 14.3 Å². The molecule has 1 heterocycles. The third kappa shape index (κ3) is 4.79. The Kier molecular flexibility index (Phi) is 6.31. The molecule has 24 heavy (non-hydrogen) atoms. The van der Waals surface area contributed by atoms with Crippen LogP contribution in [-0.2, 0) is 11.3 Å². The molecule has 0 bridgehead atoms. The van der Waals surface area contributed by atoms with E-state index in [-0.39, 0.29) is 11.7 Å². The molecule has 1 N–H and O–H groups in total. The summed E-state index contributed by atoms with van der Waals surface area (Å²) in [6.07, 6.45) is 0.830. The van der Waals surface area contributed by atoms with E-state index in [0.717, 1.165) is 17.7 Å². The molecule has 0 saturated heterocycles. The summed E-state index contributed by atoms with van der Waals surface area (Å²) in [6.45, 7) is 4.96. The monoisotopic (exact) mass is 347 g/mol. The van der Waals surface area contributed by atoms with Crippen molar-refractivity contribution in [1.82, 2.24) is 9.88 Å². The van der Waals surface area contributed by atoms with E-state index in [1.165, 1.54) is 18.4 Å². The van der Waals surface area contributed by atoms with Crippen molar-refractivity contribution in [3.05, 3.63) is 45.9 Å². The van der Waals surface area contributed by atoms with Gasteiger partial charge < -0.3 is 15.0 Å². The smallest absolute Gasteiger partial charge is 0.357 e. The minimum absolute atomic E-state index is 0.185. The minimum atomic E-state index is -0.469. The van der Waals surface area contributed by atoms with E-state index in [1.807, 2.05) is 38.1 Å². The number of carbonyl (C=O) groups excluding carboxylic acids is 2. The average Bonchev–Trinajstić information content (AvgIpc) is 3.04. The molecule has 0 aliphatic carbocycles. The zero-order valence-corrected chi connectivity index (χ0v) is 14.9. The number of nitrogens with one attached hydrogen (secondary N) is 1. The first-order chi connectivity index (χ1) is 11.5. The first kappa shape index (κ1) is 17.9. The van der Waals surface area contributed by atoms with Crippen molar-refractivity contribution in [3.8, 4) is 0 Å². The van der Waals surface area contributed by atoms with Crippen LogP contribution in [0.3, 0.4) is 0 Å². The molecule has 1 aromatic heterocycles. The lowest BCUT2D eigenvalue weighted by atomic mass is 10.2. The van der Waals surface area contributed by atoms with E-state index < -0.39 is 5.97 Å². The van der Waals surface area contributed by atoms with Crippen LogP contribution in [0.2, 0.25) is 0 Å². The molecule has 0 atom stereocenters. The van der Waals surface area contributed by atoms with Gasteiger partial charge in [0.25, 0.3) is 0 Å². The van der Waals surface area contributed by atoms with Gasteiger partial charge in [0.05, 0.1) is 13.7 Å². The lowest BCUT2D eigenvalue weighted by molar-refractivity contribution is 0.0594. The molecule has 128 valence electrons. The predicted molar refractivity (Wildman–Crippen MR) is 94.4 cm³/mol. The maximum absolute atomic E-state index is 12.5. The van der Waals surface area contributed by atoms with Gasteiger partial charge in [-0.3, -0.25) is 0 Å². The Balaban J connectivity index is 2.04. The Morgan fingerprint density at radius 1 is 1.29 bits per heavy atom. The van der Waals surface area contributed by atoms with Gasteiger partial charge in [0, 0.05) is 17.6 Å². The second-order valence-electron chi connectivity index (χ2n) is 5.34. The molecule has 0 aliphatic rings. The number of methoxy groups -OCH3 is 1. The van der Waals surface area contributed by atoms with Crippen LogP contribution in [0.15, 0.2) is 29.6 Å². The van der Waals surface area contributed by atoms with E-state index in [4.69, 9.17) is 0 Å². The Labute approximate surface area is 145 Å². The molecule has 0 fully saturated rings. The molecular formula is C17H21N3O3S. The van der Waals surface area contributed by atoms with Crippen LogP contribution in [0, 0.1) is 6.92 Å². The molecular weight excluding hydrogens is 326 g/mol. The number of thiazole rings is 1. The summed E-state index contributed by atoms with van der Waals surface area (Å²) in [5.41, 5.74) is 2.16. The van der Waals surface area contributed by atoms with Gasteiger partial charge in [0.2, 0.25) is 0 Å². The molecule has 7 heteroatoms. The number of aromatic nitrogens is 1. The number of rotatable bonds is 6. The third-order valence-electron chi connectivity index (χ3n) is 3.36. The Morgan fingerprint density at radius 2 is 2.00 bits per heavy atom. The number of esters is 1. The van der Waals surface area contributed by atoms with Crippen molar-refractivity contribution in [3.63, 3.8) is 0 Å². The fraction of sp³-hybridized carbons (Fsp3) is 0.353. The zero-order chi connectivity index (χ0) is 17.5. The molecule has 2 amide bonds. The standard InChI is InChI=1S/C17H21N3O3S/c1-4-9-20(10-15-19-14(11-24-15)16(21)23-3)17(22)18-13-7-5-12(2)6-8-13/h5-8,11H,4,9-10H2,1-3H3,(H,18,22). The van der Waals surface area contributed by atoms with Gasteiger partial charge in [-0.15, -0.1) is 11.3 Å². The quantitative estimate of drug-likeness (QED) is 0.809.